The third-order valence-electron chi connectivity index (χ3n) is 6.07. The molecule has 0 unspecified atom stereocenters. The molecule has 1 aliphatic carbocycles. The molecule has 2 fully saturated rings. The van der Waals surface area contributed by atoms with E-state index in [4.69, 9.17) is 9.47 Å². The molecular formula is C25H32N2O3. The highest BCUT2D eigenvalue weighted by atomic mass is 16.5. The summed E-state index contributed by atoms with van der Waals surface area (Å²) in [6, 6.07) is 16.5. The van der Waals surface area contributed by atoms with Crippen LogP contribution in [-0.2, 0) is 0 Å². The number of piperidine rings is 1. The van der Waals surface area contributed by atoms with Crippen LogP contribution in [0.15, 0.2) is 48.5 Å². The minimum Gasteiger partial charge on any atom is -0.497 e. The van der Waals surface area contributed by atoms with Gasteiger partial charge in [-0.2, -0.15) is 0 Å². The maximum Gasteiger partial charge on any atom is 0.255 e. The molecule has 2 aromatic carbocycles. The van der Waals surface area contributed by atoms with Crippen LogP contribution in [0, 0.1) is 0 Å². The van der Waals surface area contributed by atoms with Crippen LogP contribution in [-0.4, -0.2) is 49.7 Å². The molecule has 0 spiro atoms. The first-order valence-corrected chi connectivity index (χ1v) is 11.0. The normalized spacial score (nSPS) is 18.6. The molecule has 0 aromatic heterocycles. The van der Waals surface area contributed by atoms with Gasteiger partial charge in [0.25, 0.3) is 5.91 Å². The summed E-state index contributed by atoms with van der Waals surface area (Å²) in [5.41, 5.74) is 1.99. The molecule has 1 amide bonds. The van der Waals surface area contributed by atoms with Crippen molar-refractivity contribution in [3.05, 3.63) is 59.7 Å². The number of carbonyl (C=O) groups is 1. The quantitative estimate of drug-likeness (QED) is 0.710. The number of likely N-dealkylation sites (tertiary alicyclic amines) is 1. The van der Waals surface area contributed by atoms with E-state index in [2.05, 4.69) is 47.5 Å². The van der Waals surface area contributed by atoms with E-state index in [0.29, 0.717) is 29.0 Å². The largest absolute Gasteiger partial charge is 0.497 e. The van der Waals surface area contributed by atoms with Crippen LogP contribution in [0.2, 0.25) is 0 Å². The number of benzene rings is 2. The Balaban J connectivity index is 1.34. The van der Waals surface area contributed by atoms with Crippen LogP contribution in [0.25, 0.3) is 0 Å². The fraction of sp³-hybridized carbons (Fsp3) is 0.480. The van der Waals surface area contributed by atoms with E-state index in [9.17, 15) is 4.79 Å². The van der Waals surface area contributed by atoms with Gasteiger partial charge in [-0.3, -0.25) is 4.79 Å². The van der Waals surface area contributed by atoms with Crippen molar-refractivity contribution in [1.82, 2.24) is 10.2 Å². The van der Waals surface area contributed by atoms with Gasteiger partial charge in [0.1, 0.15) is 17.6 Å². The summed E-state index contributed by atoms with van der Waals surface area (Å²) in [5, 5.41) is 3.06. The third-order valence-corrected chi connectivity index (χ3v) is 6.07. The number of ether oxygens (including phenoxy) is 2. The van der Waals surface area contributed by atoms with E-state index in [0.717, 1.165) is 45.3 Å². The zero-order valence-corrected chi connectivity index (χ0v) is 18.0. The Hall–Kier alpha value is -2.53. The number of nitrogens with one attached hydrogen (secondary N) is 1. The number of rotatable bonds is 8. The minimum atomic E-state index is -0.0516. The SMILES string of the molecule is COc1ccc(C(=O)NC2CC2)c(OC2CCN(C[C@@H](C)c3ccccc3)CC2)c1. The average molecular weight is 409 g/mol. The van der Waals surface area contributed by atoms with E-state index in [-0.39, 0.29) is 12.0 Å². The summed E-state index contributed by atoms with van der Waals surface area (Å²) in [4.78, 5) is 15.1. The Labute approximate surface area is 179 Å². The van der Waals surface area contributed by atoms with Crippen molar-refractivity contribution in [3.8, 4) is 11.5 Å². The molecule has 160 valence electrons. The van der Waals surface area contributed by atoms with Crippen molar-refractivity contribution in [2.75, 3.05) is 26.7 Å². The van der Waals surface area contributed by atoms with E-state index in [1.54, 1.807) is 7.11 Å². The molecule has 1 heterocycles. The number of amides is 1. The Morgan fingerprint density at radius 3 is 2.50 bits per heavy atom. The molecule has 0 bridgehead atoms. The second-order valence-corrected chi connectivity index (χ2v) is 8.54. The second-order valence-electron chi connectivity index (χ2n) is 8.54. The van der Waals surface area contributed by atoms with Gasteiger partial charge in [0.05, 0.1) is 12.7 Å². The first-order chi connectivity index (χ1) is 14.6. The number of methoxy groups -OCH3 is 1. The molecule has 0 radical (unpaired) electrons. The van der Waals surface area contributed by atoms with Crippen LogP contribution in [0.4, 0.5) is 0 Å². The van der Waals surface area contributed by atoms with Gasteiger partial charge >= 0.3 is 0 Å². The van der Waals surface area contributed by atoms with Crippen molar-refractivity contribution in [3.63, 3.8) is 0 Å². The molecule has 4 rings (SSSR count). The molecule has 5 heteroatoms. The fourth-order valence-electron chi connectivity index (χ4n) is 4.07. The van der Waals surface area contributed by atoms with Gasteiger partial charge in [0, 0.05) is 31.7 Å². The number of carbonyl (C=O) groups excluding carboxylic acids is 1. The van der Waals surface area contributed by atoms with Crippen LogP contribution in [0.1, 0.15) is 54.4 Å². The molecule has 2 aromatic rings. The molecule has 1 aliphatic heterocycles. The number of nitrogens with zero attached hydrogens (tertiary/aromatic N) is 1. The molecular weight excluding hydrogens is 376 g/mol. The van der Waals surface area contributed by atoms with Gasteiger partial charge in [-0.05, 0) is 49.3 Å². The van der Waals surface area contributed by atoms with Gasteiger partial charge in [0.2, 0.25) is 0 Å². The maximum atomic E-state index is 12.6. The van der Waals surface area contributed by atoms with Crippen LogP contribution >= 0.6 is 0 Å². The molecule has 1 saturated carbocycles. The highest BCUT2D eigenvalue weighted by molar-refractivity contribution is 5.97. The third kappa shape index (κ3) is 5.33. The van der Waals surface area contributed by atoms with Crippen LogP contribution in [0.5, 0.6) is 11.5 Å². The molecule has 2 aliphatic rings. The minimum absolute atomic E-state index is 0.0516. The first kappa shape index (κ1) is 20.7. The summed E-state index contributed by atoms with van der Waals surface area (Å²) in [5.74, 6) is 1.80. The van der Waals surface area contributed by atoms with Gasteiger partial charge in [-0.15, -0.1) is 0 Å². The number of hydrogen-bond donors (Lipinski definition) is 1. The van der Waals surface area contributed by atoms with Crippen LogP contribution < -0.4 is 14.8 Å². The van der Waals surface area contributed by atoms with Crippen molar-refractivity contribution >= 4 is 5.91 Å². The van der Waals surface area contributed by atoms with Crippen molar-refractivity contribution in [1.29, 1.82) is 0 Å². The monoisotopic (exact) mass is 408 g/mol. The predicted molar refractivity (Wildman–Crippen MR) is 118 cm³/mol. The molecule has 1 N–H and O–H groups in total. The van der Waals surface area contributed by atoms with Gasteiger partial charge in [0.15, 0.2) is 0 Å². The molecule has 5 nitrogen and oxygen atoms in total. The van der Waals surface area contributed by atoms with Gasteiger partial charge < -0.3 is 19.7 Å². The lowest BCUT2D eigenvalue weighted by Gasteiger charge is -2.34. The summed E-state index contributed by atoms with van der Waals surface area (Å²) >= 11 is 0. The zero-order chi connectivity index (χ0) is 20.9. The lowest BCUT2D eigenvalue weighted by molar-refractivity contribution is 0.0894. The smallest absolute Gasteiger partial charge is 0.255 e. The Bertz CT molecular complexity index is 843. The maximum absolute atomic E-state index is 12.6. The standard InChI is InChI=1S/C25H32N2O3/c1-18(19-6-4-3-5-7-19)17-27-14-12-21(13-15-27)30-24-16-22(29-2)10-11-23(24)25(28)26-20-8-9-20/h3-7,10-11,16,18,20-21H,8-9,12-15,17H2,1-2H3,(H,26,28)/t18-/m1/s1. The summed E-state index contributed by atoms with van der Waals surface area (Å²) in [6.45, 7) is 5.37. The predicted octanol–water partition coefficient (Wildman–Crippen LogP) is 4.23. The Kier molecular flexibility index (Phi) is 6.58. The average Bonchev–Trinajstić information content (AvgIpc) is 3.59. The highest BCUT2D eigenvalue weighted by Crippen LogP contribution is 2.29. The lowest BCUT2D eigenvalue weighted by Crippen LogP contribution is -2.40. The first-order valence-electron chi connectivity index (χ1n) is 11.0. The van der Waals surface area contributed by atoms with E-state index in [1.807, 2.05) is 18.2 Å². The van der Waals surface area contributed by atoms with Crippen LogP contribution in [0.3, 0.4) is 0 Å². The summed E-state index contributed by atoms with van der Waals surface area (Å²) in [7, 11) is 1.63. The van der Waals surface area contributed by atoms with Gasteiger partial charge in [-0.1, -0.05) is 37.3 Å². The van der Waals surface area contributed by atoms with E-state index >= 15 is 0 Å². The topological polar surface area (TPSA) is 50.8 Å². The molecule has 30 heavy (non-hydrogen) atoms. The van der Waals surface area contributed by atoms with Crippen molar-refractivity contribution in [2.24, 2.45) is 0 Å². The zero-order valence-electron chi connectivity index (χ0n) is 18.0. The van der Waals surface area contributed by atoms with Gasteiger partial charge in [-0.25, -0.2) is 0 Å². The Morgan fingerprint density at radius 2 is 1.83 bits per heavy atom. The van der Waals surface area contributed by atoms with Crippen molar-refractivity contribution < 1.29 is 14.3 Å². The second kappa shape index (κ2) is 9.52. The number of hydrogen-bond acceptors (Lipinski definition) is 4. The fourth-order valence-corrected chi connectivity index (χ4v) is 4.07. The molecule has 1 atom stereocenters. The van der Waals surface area contributed by atoms with E-state index < -0.39 is 0 Å². The molecule has 1 saturated heterocycles. The lowest BCUT2D eigenvalue weighted by atomic mass is 9.99. The summed E-state index contributed by atoms with van der Waals surface area (Å²) in [6.07, 6.45) is 4.17. The van der Waals surface area contributed by atoms with Crippen molar-refractivity contribution in [2.45, 2.75) is 50.7 Å². The Morgan fingerprint density at radius 1 is 1.10 bits per heavy atom. The summed E-state index contributed by atoms with van der Waals surface area (Å²) < 4.78 is 11.7. The van der Waals surface area contributed by atoms with E-state index in [1.165, 1.54) is 5.56 Å². The highest BCUT2D eigenvalue weighted by Gasteiger charge is 2.27.